The molecule has 0 saturated carbocycles. The average Bonchev–Trinajstić information content (AvgIpc) is 3.21. The number of carbonyl (C=O) groups is 3. The predicted molar refractivity (Wildman–Crippen MR) is 240 cm³/mol. The van der Waals surface area contributed by atoms with E-state index in [1.165, 1.54) is 173 Å². The van der Waals surface area contributed by atoms with Crippen LogP contribution in [-0.2, 0) is 37.5 Å². The maximum Gasteiger partial charge on any atom is 0.472 e. The van der Waals surface area contributed by atoms with Crippen LogP contribution >= 0.6 is 7.82 Å². The van der Waals surface area contributed by atoms with Gasteiger partial charge in [-0.2, -0.15) is 0 Å². The van der Waals surface area contributed by atoms with Crippen LogP contribution in [0.25, 0.3) is 0 Å². The smallest absolute Gasteiger partial charge is 0.472 e. The molecule has 0 aromatic carbocycles. The summed E-state index contributed by atoms with van der Waals surface area (Å²) in [7, 11) is -4.71. The van der Waals surface area contributed by atoms with Gasteiger partial charge in [0.2, 0.25) is 0 Å². The third-order valence-corrected chi connectivity index (χ3v) is 12.1. The highest BCUT2D eigenvalue weighted by Gasteiger charge is 2.28. The molecule has 3 atom stereocenters. The van der Waals surface area contributed by atoms with Crippen molar-refractivity contribution < 1.29 is 47.5 Å². The summed E-state index contributed by atoms with van der Waals surface area (Å²) in [5, 5.41) is 8.91. The third kappa shape index (κ3) is 42.9. The fraction of sp³-hybridized carbons (Fsp3) is 0.936. The number of aliphatic carboxylic acids is 1. The van der Waals surface area contributed by atoms with E-state index in [1.807, 2.05) is 0 Å². The Morgan fingerprint density at radius 3 is 1.07 bits per heavy atom. The van der Waals surface area contributed by atoms with Gasteiger partial charge in [0.1, 0.15) is 12.6 Å². The molecule has 350 valence electrons. The number of hydrogen-bond acceptors (Lipinski definition) is 9. The number of nitrogens with two attached hydrogens (primary N) is 1. The van der Waals surface area contributed by atoms with Gasteiger partial charge in [-0.05, 0) is 12.8 Å². The van der Waals surface area contributed by atoms with Crippen molar-refractivity contribution in [2.75, 3.05) is 19.8 Å². The van der Waals surface area contributed by atoms with Crippen LogP contribution in [0, 0.1) is 0 Å². The van der Waals surface area contributed by atoms with E-state index >= 15 is 0 Å². The highest BCUT2D eigenvalue weighted by Crippen LogP contribution is 2.43. The van der Waals surface area contributed by atoms with Crippen molar-refractivity contribution in [1.82, 2.24) is 0 Å². The van der Waals surface area contributed by atoms with Gasteiger partial charge in [-0.3, -0.25) is 23.4 Å². The minimum absolute atomic E-state index is 0.170. The zero-order valence-electron chi connectivity index (χ0n) is 38.1. The van der Waals surface area contributed by atoms with Gasteiger partial charge < -0.3 is 25.2 Å². The molecule has 0 fully saturated rings. The summed E-state index contributed by atoms with van der Waals surface area (Å²) in [6.07, 6.45) is 43.0. The van der Waals surface area contributed by atoms with Crippen LogP contribution < -0.4 is 5.73 Å². The monoisotopic (exact) mass is 862 g/mol. The summed E-state index contributed by atoms with van der Waals surface area (Å²) in [5.74, 6) is -2.35. The first kappa shape index (κ1) is 57.5. The second-order valence-corrected chi connectivity index (χ2v) is 18.4. The lowest BCUT2D eigenvalue weighted by Crippen LogP contribution is -2.34. The maximum atomic E-state index is 12.7. The van der Waals surface area contributed by atoms with Crippen molar-refractivity contribution in [3.63, 3.8) is 0 Å². The van der Waals surface area contributed by atoms with Crippen LogP contribution in [0.15, 0.2) is 0 Å². The Labute approximate surface area is 361 Å². The molecule has 59 heavy (non-hydrogen) atoms. The quantitative estimate of drug-likeness (QED) is 0.0302. The van der Waals surface area contributed by atoms with E-state index in [0.717, 1.165) is 38.5 Å². The third-order valence-electron chi connectivity index (χ3n) is 11.1. The Morgan fingerprint density at radius 1 is 0.458 bits per heavy atom. The number of esters is 2. The van der Waals surface area contributed by atoms with Crippen molar-refractivity contribution in [2.45, 2.75) is 264 Å². The fourth-order valence-electron chi connectivity index (χ4n) is 7.24. The standard InChI is InChI=1S/C47H92NO10P/c1-3-5-7-9-11-13-15-17-19-21-22-23-25-27-29-31-33-35-37-39-46(50)58-43(41-56-59(53,54)57-42-44(48)47(51)52)40-55-45(49)38-36-34-32-30-28-26-24-20-18-16-14-12-10-8-6-4-2/h43-44H,3-42,48H2,1-2H3,(H,51,52)(H,53,54). The summed E-state index contributed by atoms with van der Waals surface area (Å²) in [6, 6.07) is -1.52. The molecule has 12 heteroatoms. The SMILES string of the molecule is CCCCCCCCCCCCCCCCCCCCCC(=O)OC(COC(=O)CCCCCCCCCCCCCCCCCC)COP(=O)(O)OCC(N)C(=O)O. The number of hydrogen-bond donors (Lipinski definition) is 3. The number of phosphoric ester groups is 1. The minimum atomic E-state index is -4.71. The van der Waals surface area contributed by atoms with Gasteiger partial charge in [-0.1, -0.05) is 226 Å². The number of ether oxygens (including phenoxy) is 2. The molecule has 4 N–H and O–H groups in total. The zero-order valence-corrected chi connectivity index (χ0v) is 39.0. The van der Waals surface area contributed by atoms with Crippen molar-refractivity contribution in [2.24, 2.45) is 5.73 Å². The van der Waals surface area contributed by atoms with Crippen LogP contribution in [0.3, 0.4) is 0 Å². The van der Waals surface area contributed by atoms with E-state index in [4.69, 9.17) is 24.8 Å². The fourth-order valence-corrected chi connectivity index (χ4v) is 8.02. The largest absolute Gasteiger partial charge is 0.480 e. The summed E-state index contributed by atoms with van der Waals surface area (Å²) < 4.78 is 32.8. The Bertz CT molecular complexity index is 1020. The van der Waals surface area contributed by atoms with E-state index < -0.39 is 51.1 Å². The predicted octanol–water partition coefficient (Wildman–Crippen LogP) is 13.5. The van der Waals surface area contributed by atoms with Crippen molar-refractivity contribution >= 4 is 25.7 Å². The summed E-state index contributed by atoms with van der Waals surface area (Å²) in [6.45, 7) is 2.86. The van der Waals surface area contributed by atoms with Crippen LogP contribution in [0.2, 0.25) is 0 Å². The van der Waals surface area contributed by atoms with Crippen LogP contribution in [-0.4, -0.2) is 59.9 Å². The summed E-state index contributed by atoms with van der Waals surface area (Å²) in [4.78, 5) is 46.1. The lowest BCUT2D eigenvalue weighted by molar-refractivity contribution is -0.161. The molecule has 0 rings (SSSR count). The molecular formula is C47H92NO10P. The second-order valence-electron chi connectivity index (χ2n) is 17.0. The topological polar surface area (TPSA) is 172 Å². The van der Waals surface area contributed by atoms with E-state index in [1.54, 1.807) is 0 Å². The number of unbranched alkanes of at least 4 members (excludes halogenated alkanes) is 33. The molecular weight excluding hydrogens is 769 g/mol. The van der Waals surface area contributed by atoms with Gasteiger partial charge in [-0.25, -0.2) is 4.57 Å². The van der Waals surface area contributed by atoms with E-state index in [0.29, 0.717) is 12.8 Å². The van der Waals surface area contributed by atoms with Gasteiger partial charge in [0.25, 0.3) is 0 Å². The molecule has 0 spiro atoms. The zero-order chi connectivity index (χ0) is 43.5. The number of rotatable bonds is 47. The molecule has 0 aromatic heterocycles. The van der Waals surface area contributed by atoms with E-state index in [9.17, 15) is 23.8 Å². The maximum absolute atomic E-state index is 12.7. The number of carboxylic acids is 1. The molecule has 0 aliphatic heterocycles. The lowest BCUT2D eigenvalue weighted by Gasteiger charge is -2.20. The van der Waals surface area contributed by atoms with Gasteiger partial charge in [0, 0.05) is 12.8 Å². The lowest BCUT2D eigenvalue weighted by atomic mass is 10.0. The molecule has 3 unspecified atom stereocenters. The van der Waals surface area contributed by atoms with Crippen LogP contribution in [0.4, 0.5) is 0 Å². The molecule has 0 saturated heterocycles. The van der Waals surface area contributed by atoms with Crippen molar-refractivity contribution in [3.8, 4) is 0 Å². The molecule has 0 aliphatic rings. The number of carbonyl (C=O) groups excluding carboxylic acids is 2. The molecule has 0 bridgehead atoms. The van der Waals surface area contributed by atoms with Gasteiger partial charge in [0.15, 0.2) is 6.10 Å². The first-order chi connectivity index (χ1) is 28.6. The Hall–Kier alpha value is -1.52. The highest BCUT2D eigenvalue weighted by atomic mass is 31.2. The second kappa shape index (κ2) is 43.1. The minimum Gasteiger partial charge on any atom is -0.480 e. The normalized spacial score (nSPS) is 13.6. The number of phosphoric acid groups is 1. The molecule has 0 heterocycles. The molecule has 0 radical (unpaired) electrons. The first-order valence-electron chi connectivity index (χ1n) is 24.6. The molecule has 11 nitrogen and oxygen atoms in total. The highest BCUT2D eigenvalue weighted by molar-refractivity contribution is 7.47. The summed E-state index contributed by atoms with van der Waals surface area (Å²) in [5.41, 5.74) is 5.35. The van der Waals surface area contributed by atoms with E-state index in [2.05, 4.69) is 18.4 Å². The Balaban J connectivity index is 4.23. The average molecular weight is 862 g/mol. The molecule has 0 aromatic rings. The summed E-state index contributed by atoms with van der Waals surface area (Å²) >= 11 is 0. The number of carboxylic acid groups (broad SMARTS) is 1. The Morgan fingerprint density at radius 2 is 0.746 bits per heavy atom. The van der Waals surface area contributed by atoms with Gasteiger partial charge in [0.05, 0.1) is 13.2 Å². The van der Waals surface area contributed by atoms with Crippen molar-refractivity contribution in [1.29, 1.82) is 0 Å². The Kier molecular flexibility index (Phi) is 42.0. The van der Waals surface area contributed by atoms with Gasteiger partial charge >= 0.3 is 25.7 Å². The first-order valence-corrected chi connectivity index (χ1v) is 26.1. The van der Waals surface area contributed by atoms with Gasteiger partial charge in [-0.15, -0.1) is 0 Å². The molecule has 0 aliphatic carbocycles. The van der Waals surface area contributed by atoms with Crippen LogP contribution in [0.5, 0.6) is 0 Å². The molecule has 0 amide bonds. The van der Waals surface area contributed by atoms with Crippen molar-refractivity contribution in [3.05, 3.63) is 0 Å². The van der Waals surface area contributed by atoms with E-state index in [-0.39, 0.29) is 19.4 Å². The van der Waals surface area contributed by atoms with Crippen LogP contribution in [0.1, 0.15) is 251 Å².